The van der Waals surface area contributed by atoms with Gasteiger partial charge >= 0.3 is 0 Å². The summed E-state index contributed by atoms with van der Waals surface area (Å²) in [7, 11) is 0. The number of nitrogen functional groups attached to an aromatic ring is 1. The highest BCUT2D eigenvalue weighted by molar-refractivity contribution is 6.31. The second-order valence-corrected chi connectivity index (χ2v) is 4.32. The number of amides is 1. The molecule has 0 spiro atoms. The summed E-state index contributed by atoms with van der Waals surface area (Å²) in [5, 5.41) is 3.27. The Balaban J connectivity index is 2.05. The molecule has 1 heterocycles. The maximum absolute atomic E-state index is 11.8. The Bertz CT molecular complexity index is 579. The average molecular weight is 265 g/mol. The second-order valence-electron chi connectivity index (χ2n) is 3.88. The number of rotatable bonds is 3. The number of carbonyl (C=O) groups is 1. The molecule has 18 heavy (non-hydrogen) atoms. The maximum atomic E-state index is 11.8. The predicted octanol–water partition coefficient (Wildman–Crippen LogP) is 2.07. The fourth-order valence-electron chi connectivity index (χ4n) is 1.56. The van der Waals surface area contributed by atoms with E-state index in [1.807, 2.05) is 6.92 Å². The van der Waals surface area contributed by atoms with Crippen LogP contribution in [0.4, 0.5) is 11.4 Å². The lowest BCUT2D eigenvalue weighted by atomic mass is 10.2. The summed E-state index contributed by atoms with van der Waals surface area (Å²) in [6, 6.07) is 4.95. The van der Waals surface area contributed by atoms with Gasteiger partial charge in [0.05, 0.1) is 11.4 Å². The van der Waals surface area contributed by atoms with Crippen molar-refractivity contribution in [2.45, 2.75) is 13.5 Å². The number of nitrogens with two attached hydrogens (primary N) is 1. The van der Waals surface area contributed by atoms with Crippen LogP contribution in [0.3, 0.4) is 0 Å². The molecule has 0 saturated carbocycles. The van der Waals surface area contributed by atoms with E-state index in [0.717, 1.165) is 5.82 Å². The van der Waals surface area contributed by atoms with E-state index in [2.05, 4.69) is 10.3 Å². The van der Waals surface area contributed by atoms with Gasteiger partial charge in [-0.25, -0.2) is 4.98 Å². The van der Waals surface area contributed by atoms with Crippen LogP contribution in [0.15, 0.2) is 30.6 Å². The van der Waals surface area contributed by atoms with Gasteiger partial charge in [-0.3, -0.25) is 4.79 Å². The Morgan fingerprint density at radius 3 is 2.94 bits per heavy atom. The van der Waals surface area contributed by atoms with Crippen LogP contribution in [0.5, 0.6) is 0 Å². The van der Waals surface area contributed by atoms with Crippen molar-refractivity contribution in [3.8, 4) is 0 Å². The van der Waals surface area contributed by atoms with Gasteiger partial charge in [-0.15, -0.1) is 0 Å². The average Bonchev–Trinajstić information content (AvgIpc) is 2.69. The molecule has 1 aromatic carbocycles. The Morgan fingerprint density at radius 2 is 2.33 bits per heavy atom. The molecule has 5 nitrogen and oxygen atoms in total. The Kier molecular flexibility index (Phi) is 3.53. The zero-order chi connectivity index (χ0) is 13.1. The fourth-order valence-corrected chi connectivity index (χ4v) is 1.74. The van der Waals surface area contributed by atoms with E-state index < -0.39 is 0 Å². The minimum atomic E-state index is -0.162. The summed E-state index contributed by atoms with van der Waals surface area (Å²) in [4.78, 5) is 15.9. The molecule has 0 saturated heterocycles. The first-order chi connectivity index (χ1) is 8.56. The first kappa shape index (κ1) is 12.4. The lowest BCUT2D eigenvalue weighted by Gasteiger charge is -2.09. The predicted molar refractivity (Wildman–Crippen MR) is 71.5 cm³/mol. The third kappa shape index (κ3) is 2.81. The van der Waals surface area contributed by atoms with E-state index in [-0.39, 0.29) is 12.5 Å². The van der Waals surface area contributed by atoms with Crippen LogP contribution in [0.25, 0.3) is 0 Å². The van der Waals surface area contributed by atoms with Gasteiger partial charge in [-0.2, -0.15) is 0 Å². The highest BCUT2D eigenvalue weighted by atomic mass is 35.5. The Hall–Kier alpha value is -2.01. The number of imidazole rings is 1. The second kappa shape index (κ2) is 5.10. The van der Waals surface area contributed by atoms with Gasteiger partial charge in [-0.1, -0.05) is 11.6 Å². The van der Waals surface area contributed by atoms with Crippen LogP contribution < -0.4 is 11.1 Å². The molecule has 3 N–H and O–H groups in total. The molecule has 0 fully saturated rings. The zero-order valence-corrected chi connectivity index (χ0v) is 10.6. The molecule has 0 unspecified atom stereocenters. The van der Waals surface area contributed by atoms with Gasteiger partial charge in [0, 0.05) is 17.4 Å². The summed E-state index contributed by atoms with van der Waals surface area (Å²) in [5.74, 6) is 0.624. The van der Waals surface area contributed by atoms with Crippen LogP contribution in [0.2, 0.25) is 5.02 Å². The van der Waals surface area contributed by atoms with Crippen LogP contribution in [-0.2, 0) is 11.3 Å². The summed E-state index contributed by atoms with van der Waals surface area (Å²) in [6.45, 7) is 2.04. The van der Waals surface area contributed by atoms with E-state index >= 15 is 0 Å². The SMILES string of the molecule is Cc1nccn1CC(=O)Nc1ccc(Cl)cc1N. The third-order valence-corrected chi connectivity index (χ3v) is 2.76. The molecule has 2 aromatic rings. The Labute approximate surface area is 110 Å². The minimum Gasteiger partial charge on any atom is -0.397 e. The van der Waals surface area contributed by atoms with Gasteiger partial charge in [-0.05, 0) is 25.1 Å². The Morgan fingerprint density at radius 1 is 1.56 bits per heavy atom. The van der Waals surface area contributed by atoms with Crippen molar-refractivity contribution < 1.29 is 4.79 Å². The molecule has 0 atom stereocenters. The number of carbonyl (C=O) groups excluding carboxylic acids is 1. The van der Waals surface area contributed by atoms with Crippen molar-refractivity contribution in [1.82, 2.24) is 9.55 Å². The van der Waals surface area contributed by atoms with Crippen LogP contribution in [0.1, 0.15) is 5.82 Å². The van der Waals surface area contributed by atoms with Crippen LogP contribution >= 0.6 is 11.6 Å². The maximum Gasteiger partial charge on any atom is 0.244 e. The molecule has 0 aliphatic heterocycles. The van der Waals surface area contributed by atoms with Crippen molar-refractivity contribution in [2.24, 2.45) is 0 Å². The van der Waals surface area contributed by atoms with Crippen molar-refractivity contribution in [3.05, 3.63) is 41.4 Å². The molecule has 0 aliphatic rings. The standard InChI is InChI=1S/C12H13ClN4O/c1-8-15-4-5-17(8)7-12(18)16-11-3-2-9(13)6-10(11)14/h2-6H,7,14H2,1H3,(H,16,18). The van der Waals surface area contributed by atoms with Gasteiger partial charge in [0.2, 0.25) is 5.91 Å². The molecular formula is C12H13ClN4O. The van der Waals surface area contributed by atoms with Gasteiger partial charge in [0.1, 0.15) is 12.4 Å². The van der Waals surface area contributed by atoms with Crippen LogP contribution in [0, 0.1) is 6.92 Å². The number of aryl methyl sites for hydroxylation is 1. The van der Waals surface area contributed by atoms with E-state index in [9.17, 15) is 4.79 Å². The number of nitrogens with zero attached hydrogens (tertiary/aromatic N) is 2. The highest BCUT2D eigenvalue weighted by Gasteiger charge is 2.07. The topological polar surface area (TPSA) is 72.9 Å². The fraction of sp³-hybridized carbons (Fsp3) is 0.167. The molecule has 0 aliphatic carbocycles. The van der Waals surface area contributed by atoms with E-state index in [1.54, 1.807) is 35.2 Å². The molecule has 1 aromatic heterocycles. The molecule has 2 rings (SSSR count). The summed E-state index contributed by atoms with van der Waals surface area (Å²) in [6.07, 6.45) is 3.40. The number of benzene rings is 1. The highest BCUT2D eigenvalue weighted by Crippen LogP contribution is 2.22. The molecular weight excluding hydrogens is 252 g/mol. The largest absolute Gasteiger partial charge is 0.397 e. The first-order valence-corrected chi connectivity index (χ1v) is 5.76. The number of hydrogen-bond acceptors (Lipinski definition) is 3. The molecule has 6 heteroatoms. The summed E-state index contributed by atoms with van der Waals surface area (Å²) < 4.78 is 1.75. The number of hydrogen-bond donors (Lipinski definition) is 2. The normalized spacial score (nSPS) is 10.3. The summed E-state index contributed by atoms with van der Waals surface area (Å²) in [5.41, 5.74) is 6.75. The van der Waals surface area contributed by atoms with E-state index in [0.29, 0.717) is 16.4 Å². The van der Waals surface area contributed by atoms with Gasteiger partial charge < -0.3 is 15.6 Å². The monoisotopic (exact) mass is 264 g/mol. The third-order valence-electron chi connectivity index (χ3n) is 2.53. The molecule has 0 radical (unpaired) electrons. The van der Waals surface area contributed by atoms with Crippen molar-refractivity contribution in [3.63, 3.8) is 0 Å². The smallest absolute Gasteiger partial charge is 0.244 e. The van der Waals surface area contributed by atoms with E-state index in [4.69, 9.17) is 17.3 Å². The number of anilines is 2. The lowest BCUT2D eigenvalue weighted by molar-refractivity contribution is -0.116. The minimum absolute atomic E-state index is 0.162. The number of nitrogens with one attached hydrogen (secondary N) is 1. The van der Waals surface area contributed by atoms with Gasteiger partial charge in [0.25, 0.3) is 0 Å². The lowest BCUT2D eigenvalue weighted by Crippen LogP contribution is -2.19. The van der Waals surface area contributed by atoms with Crippen molar-refractivity contribution in [2.75, 3.05) is 11.1 Å². The van der Waals surface area contributed by atoms with E-state index in [1.165, 1.54) is 0 Å². The van der Waals surface area contributed by atoms with Crippen LogP contribution in [-0.4, -0.2) is 15.5 Å². The number of halogens is 1. The van der Waals surface area contributed by atoms with Crippen molar-refractivity contribution >= 4 is 28.9 Å². The number of aromatic nitrogens is 2. The first-order valence-electron chi connectivity index (χ1n) is 5.39. The van der Waals surface area contributed by atoms with Crippen molar-refractivity contribution in [1.29, 1.82) is 0 Å². The molecule has 94 valence electrons. The molecule has 0 bridgehead atoms. The van der Waals surface area contributed by atoms with Gasteiger partial charge in [0.15, 0.2) is 0 Å². The summed E-state index contributed by atoms with van der Waals surface area (Å²) >= 11 is 5.78. The zero-order valence-electron chi connectivity index (χ0n) is 9.85. The molecule has 1 amide bonds. The quantitative estimate of drug-likeness (QED) is 0.834.